The SMILES string of the molecule is CCOc1ccc(CN(C)Cn2ncn(-c3cc(C)ccc3C)c2=S)cc1. The molecule has 0 fully saturated rings. The van der Waals surface area contributed by atoms with Crippen molar-refractivity contribution in [2.24, 2.45) is 0 Å². The fourth-order valence-electron chi connectivity index (χ4n) is 3.03. The number of hydrogen-bond acceptors (Lipinski definition) is 4. The number of rotatable bonds is 7. The maximum atomic E-state index is 5.66. The van der Waals surface area contributed by atoms with Gasteiger partial charge >= 0.3 is 0 Å². The van der Waals surface area contributed by atoms with Crippen LogP contribution in [0.5, 0.6) is 5.75 Å². The lowest BCUT2D eigenvalue weighted by molar-refractivity contribution is 0.244. The molecule has 2 aromatic carbocycles. The van der Waals surface area contributed by atoms with Gasteiger partial charge in [-0.15, -0.1) is 0 Å². The molecule has 5 nitrogen and oxygen atoms in total. The predicted octanol–water partition coefficient (Wildman–Crippen LogP) is 4.51. The lowest BCUT2D eigenvalue weighted by atomic mass is 10.1. The first kappa shape index (κ1) is 19.3. The quantitative estimate of drug-likeness (QED) is 0.563. The second kappa shape index (κ2) is 8.50. The number of benzene rings is 2. The Morgan fingerprint density at radius 2 is 1.85 bits per heavy atom. The highest BCUT2D eigenvalue weighted by Gasteiger charge is 2.09. The van der Waals surface area contributed by atoms with E-state index in [1.165, 1.54) is 16.7 Å². The van der Waals surface area contributed by atoms with Crippen molar-refractivity contribution in [2.75, 3.05) is 13.7 Å². The van der Waals surface area contributed by atoms with Crippen LogP contribution in [0.2, 0.25) is 0 Å². The van der Waals surface area contributed by atoms with Crippen molar-refractivity contribution in [2.45, 2.75) is 34.0 Å². The number of nitrogens with zero attached hydrogens (tertiary/aromatic N) is 4. The Morgan fingerprint density at radius 1 is 1.11 bits per heavy atom. The third-order valence-electron chi connectivity index (χ3n) is 4.42. The van der Waals surface area contributed by atoms with Crippen LogP contribution in [0, 0.1) is 18.6 Å². The number of aryl methyl sites for hydroxylation is 2. The van der Waals surface area contributed by atoms with Crippen LogP contribution in [0.3, 0.4) is 0 Å². The number of ether oxygens (including phenoxy) is 1. The van der Waals surface area contributed by atoms with Crippen molar-refractivity contribution in [3.63, 3.8) is 0 Å². The third-order valence-corrected chi connectivity index (χ3v) is 4.83. The molecule has 0 aliphatic heterocycles. The zero-order valence-electron chi connectivity index (χ0n) is 16.3. The van der Waals surface area contributed by atoms with Crippen LogP contribution in [0.25, 0.3) is 5.69 Å². The molecular formula is C21H26N4OS. The lowest BCUT2D eigenvalue weighted by Gasteiger charge is -2.17. The van der Waals surface area contributed by atoms with Crippen molar-refractivity contribution in [3.05, 3.63) is 70.3 Å². The molecule has 0 spiro atoms. The van der Waals surface area contributed by atoms with E-state index in [9.17, 15) is 0 Å². The van der Waals surface area contributed by atoms with Crippen LogP contribution in [0.15, 0.2) is 48.8 Å². The molecule has 3 aromatic rings. The fraction of sp³-hybridized carbons (Fsp3) is 0.333. The van der Waals surface area contributed by atoms with Crippen LogP contribution in [-0.4, -0.2) is 32.9 Å². The molecule has 142 valence electrons. The van der Waals surface area contributed by atoms with Crippen molar-refractivity contribution in [3.8, 4) is 11.4 Å². The topological polar surface area (TPSA) is 35.2 Å². The first-order chi connectivity index (χ1) is 13.0. The van der Waals surface area contributed by atoms with Crippen molar-refractivity contribution in [1.82, 2.24) is 19.2 Å². The molecule has 0 unspecified atom stereocenters. The Kier molecular flexibility index (Phi) is 6.08. The van der Waals surface area contributed by atoms with Gasteiger partial charge in [-0.05, 0) is 74.9 Å². The van der Waals surface area contributed by atoms with Gasteiger partial charge in [0.05, 0.1) is 19.0 Å². The molecule has 0 aliphatic carbocycles. The molecule has 0 bridgehead atoms. The molecule has 1 aromatic heterocycles. The fourth-order valence-corrected chi connectivity index (χ4v) is 3.28. The van der Waals surface area contributed by atoms with Gasteiger partial charge in [-0.25, -0.2) is 4.68 Å². The van der Waals surface area contributed by atoms with Gasteiger partial charge in [-0.3, -0.25) is 9.47 Å². The minimum absolute atomic E-state index is 0.629. The normalized spacial score (nSPS) is 11.1. The van der Waals surface area contributed by atoms with E-state index in [2.05, 4.69) is 61.2 Å². The minimum Gasteiger partial charge on any atom is -0.494 e. The summed E-state index contributed by atoms with van der Waals surface area (Å²) in [4.78, 5) is 2.19. The standard InChI is InChI=1S/C21H26N4OS/c1-5-26-19-10-8-18(9-11-19)13-23(4)15-25-21(27)24(14-22-25)20-12-16(2)6-7-17(20)3/h6-12,14H,5,13,15H2,1-4H3. The van der Waals surface area contributed by atoms with E-state index < -0.39 is 0 Å². The van der Waals surface area contributed by atoms with Gasteiger partial charge < -0.3 is 4.74 Å². The van der Waals surface area contributed by atoms with Gasteiger partial charge in [0.2, 0.25) is 4.77 Å². The van der Waals surface area contributed by atoms with Crippen LogP contribution >= 0.6 is 12.2 Å². The second-order valence-electron chi connectivity index (χ2n) is 6.81. The monoisotopic (exact) mass is 382 g/mol. The summed E-state index contributed by atoms with van der Waals surface area (Å²) in [6.45, 7) is 8.28. The minimum atomic E-state index is 0.629. The Labute approximate surface area is 165 Å². The zero-order chi connectivity index (χ0) is 19.4. The van der Waals surface area contributed by atoms with Crippen LogP contribution in [0.4, 0.5) is 0 Å². The summed E-state index contributed by atoms with van der Waals surface area (Å²) in [6, 6.07) is 14.6. The highest BCUT2D eigenvalue weighted by molar-refractivity contribution is 7.71. The number of hydrogen-bond donors (Lipinski definition) is 0. The summed E-state index contributed by atoms with van der Waals surface area (Å²) in [5.74, 6) is 0.901. The van der Waals surface area contributed by atoms with E-state index in [0.29, 0.717) is 18.0 Å². The summed E-state index contributed by atoms with van der Waals surface area (Å²) >= 11 is 5.66. The van der Waals surface area contributed by atoms with E-state index in [1.807, 2.05) is 28.3 Å². The second-order valence-corrected chi connectivity index (χ2v) is 7.17. The molecule has 0 aliphatic rings. The zero-order valence-corrected chi connectivity index (χ0v) is 17.2. The van der Waals surface area contributed by atoms with Gasteiger partial charge in [0.1, 0.15) is 12.1 Å². The van der Waals surface area contributed by atoms with E-state index in [-0.39, 0.29) is 0 Å². The van der Waals surface area contributed by atoms with Gasteiger partial charge in [0.15, 0.2) is 0 Å². The molecule has 27 heavy (non-hydrogen) atoms. The smallest absolute Gasteiger partial charge is 0.203 e. The van der Waals surface area contributed by atoms with Gasteiger partial charge in [0, 0.05) is 6.54 Å². The summed E-state index contributed by atoms with van der Waals surface area (Å²) in [6.07, 6.45) is 1.80. The average Bonchev–Trinajstić information content (AvgIpc) is 2.99. The lowest BCUT2D eigenvalue weighted by Crippen LogP contribution is -2.22. The van der Waals surface area contributed by atoms with E-state index >= 15 is 0 Å². The number of aromatic nitrogens is 3. The molecule has 0 saturated carbocycles. The van der Waals surface area contributed by atoms with Gasteiger partial charge in [-0.1, -0.05) is 24.3 Å². The van der Waals surface area contributed by atoms with Crippen molar-refractivity contribution < 1.29 is 4.74 Å². The van der Waals surface area contributed by atoms with E-state index in [4.69, 9.17) is 17.0 Å². The maximum absolute atomic E-state index is 5.66. The Balaban J connectivity index is 1.72. The van der Waals surface area contributed by atoms with Crippen molar-refractivity contribution >= 4 is 12.2 Å². The highest BCUT2D eigenvalue weighted by atomic mass is 32.1. The Bertz CT molecular complexity index is 959. The Hall–Kier alpha value is -2.44. The van der Waals surface area contributed by atoms with Crippen LogP contribution in [-0.2, 0) is 13.2 Å². The highest BCUT2D eigenvalue weighted by Crippen LogP contribution is 2.17. The molecule has 3 rings (SSSR count). The predicted molar refractivity (Wildman–Crippen MR) is 111 cm³/mol. The van der Waals surface area contributed by atoms with Crippen LogP contribution in [0.1, 0.15) is 23.6 Å². The third kappa shape index (κ3) is 4.64. The first-order valence-corrected chi connectivity index (χ1v) is 9.51. The van der Waals surface area contributed by atoms with Gasteiger partial charge in [0.25, 0.3) is 0 Å². The summed E-state index contributed by atoms with van der Waals surface area (Å²) in [7, 11) is 2.06. The molecule has 6 heteroatoms. The van der Waals surface area contributed by atoms with Gasteiger partial charge in [-0.2, -0.15) is 5.10 Å². The van der Waals surface area contributed by atoms with E-state index in [0.717, 1.165) is 18.0 Å². The van der Waals surface area contributed by atoms with Crippen LogP contribution < -0.4 is 4.74 Å². The molecule has 0 radical (unpaired) electrons. The summed E-state index contributed by atoms with van der Waals surface area (Å²) < 4.78 is 10.0. The molecular weight excluding hydrogens is 356 g/mol. The average molecular weight is 383 g/mol. The molecule has 0 amide bonds. The maximum Gasteiger partial charge on any atom is 0.203 e. The largest absolute Gasteiger partial charge is 0.494 e. The molecule has 0 N–H and O–H groups in total. The molecule has 1 heterocycles. The first-order valence-electron chi connectivity index (χ1n) is 9.10. The summed E-state index contributed by atoms with van der Waals surface area (Å²) in [5, 5.41) is 4.50. The van der Waals surface area contributed by atoms with E-state index in [1.54, 1.807) is 6.33 Å². The molecule has 0 saturated heterocycles. The molecule has 0 atom stereocenters. The Morgan fingerprint density at radius 3 is 2.56 bits per heavy atom. The summed E-state index contributed by atoms with van der Waals surface area (Å²) in [5.41, 5.74) is 4.69. The van der Waals surface area contributed by atoms with Crippen molar-refractivity contribution in [1.29, 1.82) is 0 Å².